The minimum absolute atomic E-state index is 0.210. The van der Waals surface area contributed by atoms with Crippen LogP contribution in [0.3, 0.4) is 0 Å². The highest BCUT2D eigenvalue weighted by atomic mass is 35.5. The highest BCUT2D eigenvalue weighted by Gasteiger charge is 2.25. The standard InChI is InChI=1S/C15H17ClFN3O3/c1-21-9-14-18-15(23-19-14)8-20-4-5-22-13(7-20)11-3-2-10(17)6-12(11)16/h2-3,6,13H,4-5,7-9H2,1H3. The van der Waals surface area contributed by atoms with Crippen LogP contribution >= 0.6 is 11.6 Å². The highest BCUT2D eigenvalue weighted by Crippen LogP contribution is 2.29. The Morgan fingerprint density at radius 2 is 2.35 bits per heavy atom. The molecule has 8 heteroatoms. The zero-order chi connectivity index (χ0) is 16.2. The Morgan fingerprint density at radius 3 is 3.13 bits per heavy atom. The van der Waals surface area contributed by atoms with Gasteiger partial charge < -0.3 is 14.0 Å². The molecule has 1 saturated heterocycles. The number of ether oxygens (including phenoxy) is 2. The topological polar surface area (TPSA) is 60.6 Å². The number of morpholine rings is 1. The number of hydrogen-bond acceptors (Lipinski definition) is 6. The molecule has 0 amide bonds. The first kappa shape index (κ1) is 16.3. The van der Waals surface area contributed by atoms with Gasteiger partial charge in [-0.1, -0.05) is 22.8 Å². The average molecular weight is 342 g/mol. The van der Waals surface area contributed by atoms with Gasteiger partial charge >= 0.3 is 0 Å². The van der Waals surface area contributed by atoms with E-state index in [-0.39, 0.29) is 11.9 Å². The summed E-state index contributed by atoms with van der Waals surface area (Å²) in [5.74, 6) is 0.694. The molecule has 0 N–H and O–H groups in total. The van der Waals surface area contributed by atoms with E-state index in [0.29, 0.717) is 43.0 Å². The van der Waals surface area contributed by atoms with E-state index in [1.165, 1.54) is 12.1 Å². The normalized spacial score (nSPS) is 19.2. The number of nitrogens with zero attached hydrogens (tertiary/aromatic N) is 3. The van der Waals surface area contributed by atoms with E-state index in [1.807, 2.05) is 0 Å². The largest absolute Gasteiger partial charge is 0.377 e. The third-order valence-corrected chi connectivity index (χ3v) is 3.93. The molecule has 3 rings (SSSR count). The molecule has 2 aromatic rings. The maximum atomic E-state index is 13.2. The quantitative estimate of drug-likeness (QED) is 0.833. The van der Waals surface area contributed by atoms with Gasteiger partial charge in [0.2, 0.25) is 5.89 Å². The summed E-state index contributed by atoms with van der Waals surface area (Å²) in [4.78, 5) is 6.40. The fraction of sp³-hybridized carbons (Fsp3) is 0.467. The average Bonchev–Trinajstić information content (AvgIpc) is 2.95. The SMILES string of the molecule is COCc1noc(CN2CCOC(c3ccc(F)cc3Cl)C2)n1. The summed E-state index contributed by atoms with van der Waals surface area (Å²) in [6, 6.07) is 4.35. The van der Waals surface area contributed by atoms with Gasteiger partial charge in [0.1, 0.15) is 12.4 Å². The first-order valence-electron chi connectivity index (χ1n) is 7.25. The molecule has 6 nitrogen and oxygen atoms in total. The van der Waals surface area contributed by atoms with Crippen LogP contribution in [0.25, 0.3) is 0 Å². The third kappa shape index (κ3) is 4.06. The van der Waals surface area contributed by atoms with Crippen molar-refractivity contribution in [2.75, 3.05) is 26.8 Å². The number of benzene rings is 1. The second kappa shape index (κ2) is 7.35. The highest BCUT2D eigenvalue weighted by molar-refractivity contribution is 6.31. The van der Waals surface area contributed by atoms with Crippen molar-refractivity contribution in [1.29, 1.82) is 0 Å². The minimum Gasteiger partial charge on any atom is -0.377 e. The molecule has 0 saturated carbocycles. The Bertz CT molecular complexity index is 667. The summed E-state index contributed by atoms with van der Waals surface area (Å²) in [7, 11) is 1.58. The molecular weight excluding hydrogens is 325 g/mol. The molecule has 2 heterocycles. The summed E-state index contributed by atoms with van der Waals surface area (Å²) >= 11 is 6.12. The van der Waals surface area contributed by atoms with Crippen LogP contribution in [0.15, 0.2) is 22.7 Å². The van der Waals surface area contributed by atoms with Crippen molar-refractivity contribution in [3.63, 3.8) is 0 Å². The molecule has 1 fully saturated rings. The Morgan fingerprint density at radius 1 is 1.48 bits per heavy atom. The fourth-order valence-electron chi connectivity index (χ4n) is 2.53. The summed E-state index contributed by atoms with van der Waals surface area (Å²) in [6.45, 7) is 2.76. The van der Waals surface area contributed by atoms with Crippen LogP contribution < -0.4 is 0 Å². The Hall–Kier alpha value is -1.54. The van der Waals surface area contributed by atoms with Gasteiger partial charge in [0.05, 0.1) is 19.3 Å². The van der Waals surface area contributed by atoms with Crippen LogP contribution in [0.4, 0.5) is 4.39 Å². The van der Waals surface area contributed by atoms with Gasteiger partial charge in [0.15, 0.2) is 5.82 Å². The van der Waals surface area contributed by atoms with Crippen LogP contribution in [-0.4, -0.2) is 41.8 Å². The molecule has 23 heavy (non-hydrogen) atoms. The molecule has 1 aliphatic rings. The van der Waals surface area contributed by atoms with Crippen LogP contribution in [0.2, 0.25) is 5.02 Å². The molecule has 1 aromatic heterocycles. The second-order valence-electron chi connectivity index (χ2n) is 5.30. The van der Waals surface area contributed by atoms with Crippen LogP contribution in [0, 0.1) is 5.82 Å². The van der Waals surface area contributed by atoms with Crippen molar-refractivity contribution in [2.45, 2.75) is 19.3 Å². The Labute approximate surface area is 138 Å². The number of aromatic nitrogens is 2. The van der Waals surface area contributed by atoms with Gasteiger partial charge in [-0.25, -0.2) is 4.39 Å². The van der Waals surface area contributed by atoms with Crippen molar-refractivity contribution >= 4 is 11.6 Å². The summed E-state index contributed by atoms with van der Waals surface area (Å²) in [6.07, 6.45) is -0.210. The zero-order valence-electron chi connectivity index (χ0n) is 12.7. The fourth-order valence-corrected chi connectivity index (χ4v) is 2.82. The van der Waals surface area contributed by atoms with Crippen molar-refractivity contribution in [1.82, 2.24) is 15.0 Å². The van der Waals surface area contributed by atoms with Crippen molar-refractivity contribution < 1.29 is 18.4 Å². The lowest BCUT2D eigenvalue weighted by Crippen LogP contribution is -2.38. The number of methoxy groups -OCH3 is 1. The van der Waals surface area contributed by atoms with E-state index < -0.39 is 0 Å². The molecule has 0 bridgehead atoms. The van der Waals surface area contributed by atoms with Crippen LogP contribution in [0.5, 0.6) is 0 Å². The molecule has 0 spiro atoms. The van der Waals surface area contributed by atoms with Gasteiger partial charge in [0.25, 0.3) is 0 Å². The molecule has 0 aliphatic carbocycles. The van der Waals surface area contributed by atoms with E-state index in [4.69, 9.17) is 25.6 Å². The molecule has 0 radical (unpaired) electrons. The third-order valence-electron chi connectivity index (χ3n) is 3.60. The van der Waals surface area contributed by atoms with Gasteiger partial charge in [-0.15, -0.1) is 0 Å². The minimum atomic E-state index is -0.358. The lowest BCUT2D eigenvalue weighted by molar-refractivity contribution is -0.0355. The van der Waals surface area contributed by atoms with Gasteiger partial charge in [-0.05, 0) is 12.1 Å². The number of halogens is 2. The molecule has 1 unspecified atom stereocenters. The van der Waals surface area contributed by atoms with Crippen molar-refractivity contribution in [3.8, 4) is 0 Å². The lowest BCUT2D eigenvalue weighted by Gasteiger charge is -2.32. The molecule has 124 valence electrons. The van der Waals surface area contributed by atoms with Crippen LogP contribution in [-0.2, 0) is 22.6 Å². The molecule has 1 aliphatic heterocycles. The first-order valence-corrected chi connectivity index (χ1v) is 7.63. The maximum Gasteiger partial charge on any atom is 0.240 e. The predicted molar refractivity (Wildman–Crippen MR) is 80.4 cm³/mol. The van der Waals surface area contributed by atoms with E-state index in [0.717, 1.165) is 12.1 Å². The van der Waals surface area contributed by atoms with Crippen molar-refractivity contribution in [3.05, 3.63) is 46.3 Å². The molecular formula is C15H17ClFN3O3. The Kier molecular flexibility index (Phi) is 5.22. The lowest BCUT2D eigenvalue weighted by atomic mass is 10.1. The van der Waals surface area contributed by atoms with Gasteiger partial charge in [-0.3, -0.25) is 4.90 Å². The number of rotatable bonds is 5. The van der Waals surface area contributed by atoms with Crippen molar-refractivity contribution in [2.24, 2.45) is 0 Å². The molecule has 1 aromatic carbocycles. The summed E-state index contributed by atoms with van der Waals surface area (Å²) < 4.78 is 29.1. The smallest absolute Gasteiger partial charge is 0.240 e. The predicted octanol–water partition coefficient (Wildman–Crippen LogP) is 2.58. The van der Waals surface area contributed by atoms with E-state index in [1.54, 1.807) is 13.2 Å². The van der Waals surface area contributed by atoms with Gasteiger partial charge in [-0.2, -0.15) is 4.98 Å². The van der Waals surface area contributed by atoms with Crippen LogP contribution in [0.1, 0.15) is 23.4 Å². The zero-order valence-corrected chi connectivity index (χ0v) is 13.4. The Balaban J connectivity index is 1.65. The summed E-state index contributed by atoms with van der Waals surface area (Å²) in [5.41, 5.74) is 0.781. The summed E-state index contributed by atoms with van der Waals surface area (Å²) in [5, 5.41) is 4.21. The molecule has 1 atom stereocenters. The number of hydrogen-bond donors (Lipinski definition) is 0. The van der Waals surface area contributed by atoms with E-state index in [9.17, 15) is 4.39 Å². The van der Waals surface area contributed by atoms with E-state index in [2.05, 4.69) is 15.0 Å². The monoisotopic (exact) mass is 341 g/mol. The van der Waals surface area contributed by atoms with E-state index >= 15 is 0 Å². The maximum absolute atomic E-state index is 13.2. The van der Waals surface area contributed by atoms with Gasteiger partial charge in [0, 0.05) is 30.8 Å². The second-order valence-corrected chi connectivity index (χ2v) is 5.70. The first-order chi connectivity index (χ1) is 11.2.